The number of aromatic nitrogens is 3. The Morgan fingerprint density at radius 3 is 2.70 bits per heavy atom. The Morgan fingerprint density at radius 1 is 1.30 bits per heavy atom. The van der Waals surface area contributed by atoms with Crippen molar-refractivity contribution in [2.24, 2.45) is 0 Å². The van der Waals surface area contributed by atoms with E-state index in [4.69, 9.17) is 39.3 Å². The van der Waals surface area contributed by atoms with Crippen LogP contribution in [0.2, 0.25) is 10.0 Å². The topological polar surface area (TPSA) is 43.9 Å². The number of hydrogen-bond acceptors (Lipinski definition) is 3. The number of alkyl halides is 1. The van der Waals surface area contributed by atoms with Gasteiger partial charge in [-0.2, -0.15) is 0 Å². The van der Waals surface area contributed by atoms with Gasteiger partial charge in [0.25, 0.3) is 0 Å². The molecule has 0 radical (unpaired) electrons. The molecule has 0 aliphatic carbocycles. The first-order chi connectivity index (χ1) is 9.56. The molecule has 4 nitrogen and oxygen atoms in total. The number of rotatable bonds is 3. The highest BCUT2D eigenvalue weighted by molar-refractivity contribution is 6.42. The molecule has 3 rings (SSSR count). The van der Waals surface area contributed by atoms with Crippen molar-refractivity contribution in [1.82, 2.24) is 14.7 Å². The minimum absolute atomic E-state index is 0.247. The number of imidazole rings is 1. The summed E-state index contributed by atoms with van der Waals surface area (Å²) >= 11 is 18.3. The van der Waals surface area contributed by atoms with Crippen molar-refractivity contribution >= 4 is 45.8 Å². The summed E-state index contributed by atoms with van der Waals surface area (Å²) in [6.45, 7) is 2.35. The van der Waals surface area contributed by atoms with E-state index in [2.05, 4.69) is 10.1 Å². The summed E-state index contributed by atoms with van der Waals surface area (Å²) in [4.78, 5) is 4.52. The van der Waals surface area contributed by atoms with Crippen molar-refractivity contribution in [2.45, 2.75) is 18.8 Å². The Bertz CT molecular complexity index is 750. The van der Waals surface area contributed by atoms with Crippen LogP contribution in [0, 0.1) is 0 Å². The molecule has 0 spiro atoms. The SMILES string of the molecule is CC(Cl)c1nc2cc(Cl)c(Cl)cc2n1Cc1ccno1. The smallest absolute Gasteiger partial charge is 0.156 e. The molecule has 104 valence electrons. The number of nitrogens with zero attached hydrogens (tertiary/aromatic N) is 3. The second-order valence-electron chi connectivity index (χ2n) is 4.41. The molecular formula is C13H10Cl3N3O. The maximum Gasteiger partial charge on any atom is 0.156 e. The molecule has 0 N–H and O–H groups in total. The van der Waals surface area contributed by atoms with Gasteiger partial charge in [-0.15, -0.1) is 11.6 Å². The van der Waals surface area contributed by atoms with Crippen LogP contribution in [0.5, 0.6) is 0 Å². The van der Waals surface area contributed by atoms with Gasteiger partial charge in [-0.25, -0.2) is 4.98 Å². The molecule has 1 aromatic carbocycles. The number of benzene rings is 1. The first kappa shape index (κ1) is 13.7. The monoisotopic (exact) mass is 329 g/mol. The lowest BCUT2D eigenvalue weighted by Gasteiger charge is -2.08. The van der Waals surface area contributed by atoms with Crippen LogP contribution >= 0.6 is 34.8 Å². The summed E-state index contributed by atoms with van der Waals surface area (Å²) in [5, 5.41) is 4.40. The van der Waals surface area contributed by atoms with Gasteiger partial charge in [0.1, 0.15) is 5.82 Å². The molecule has 0 aliphatic rings. The van der Waals surface area contributed by atoms with Crippen LogP contribution in [0.4, 0.5) is 0 Å². The van der Waals surface area contributed by atoms with Gasteiger partial charge in [0, 0.05) is 6.07 Å². The molecule has 0 aliphatic heterocycles. The lowest BCUT2D eigenvalue weighted by molar-refractivity contribution is 0.376. The van der Waals surface area contributed by atoms with E-state index in [1.165, 1.54) is 0 Å². The molecule has 0 saturated carbocycles. The molecule has 2 aromatic heterocycles. The lowest BCUT2D eigenvalue weighted by Crippen LogP contribution is -2.05. The Hall–Kier alpha value is -1.23. The number of halogens is 3. The van der Waals surface area contributed by atoms with Gasteiger partial charge in [-0.3, -0.25) is 0 Å². The third-order valence-electron chi connectivity index (χ3n) is 2.98. The molecule has 0 saturated heterocycles. The summed E-state index contributed by atoms with van der Waals surface area (Å²) in [6, 6.07) is 5.32. The van der Waals surface area contributed by atoms with E-state index >= 15 is 0 Å². The van der Waals surface area contributed by atoms with Crippen LogP contribution in [0.25, 0.3) is 11.0 Å². The van der Waals surface area contributed by atoms with Crippen LogP contribution < -0.4 is 0 Å². The highest BCUT2D eigenvalue weighted by Crippen LogP contribution is 2.31. The van der Waals surface area contributed by atoms with Gasteiger partial charge in [-0.1, -0.05) is 28.4 Å². The molecule has 0 amide bonds. The van der Waals surface area contributed by atoms with Crippen LogP contribution in [0.3, 0.4) is 0 Å². The zero-order chi connectivity index (χ0) is 14.3. The zero-order valence-corrected chi connectivity index (χ0v) is 12.7. The van der Waals surface area contributed by atoms with Crippen LogP contribution in [0.1, 0.15) is 23.9 Å². The number of fused-ring (bicyclic) bond motifs is 1. The minimum atomic E-state index is -0.247. The molecule has 0 bridgehead atoms. The van der Waals surface area contributed by atoms with Gasteiger partial charge in [-0.05, 0) is 19.1 Å². The summed E-state index contributed by atoms with van der Waals surface area (Å²) < 4.78 is 7.10. The Morgan fingerprint density at radius 2 is 2.05 bits per heavy atom. The minimum Gasteiger partial charge on any atom is -0.359 e. The van der Waals surface area contributed by atoms with Crippen molar-refractivity contribution in [1.29, 1.82) is 0 Å². The van der Waals surface area contributed by atoms with Gasteiger partial charge in [0.15, 0.2) is 5.76 Å². The van der Waals surface area contributed by atoms with Gasteiger partial charge >= 0.3 is 0 Å². The second kappa shape index (κ2) is 5.28. The summed E-state index contributed by atoms with van der Waals surface area (Å²) in [5.41, 5.74) is 1.61. The van der Waals surface area contributed by atoms with Crippen LogP contribution in [-0.2, 0) is 6.54 Å². The first-order valence-electron chi connectivity index (χ1n) is 5.95. The molecule has 2 heterocycles. The Balaban J connectivity index is 2.20. The molecule has 7 heteroatoms. The van der Waals surface area contributed by atoms with Crippen molar-refractivity contribution in [3.63, 3.8) is 0 Å². The quantitative estimate of drug-likeness (QED) is 0.655. The van der Waals surface area contributed by atoms with E-state index in [-0.39, 0.29) is 5.38 Å². The first-order valence-corrected chi connectivity index (χ1v) is 7.14. The van der Waals surface area contributed by atoms with E-state index in [1.807, 2.05) is 11.5 Å². The fraction of sp³-hybridized carbons (Fsp3) is 0.231. The largest absolute Gasteiger partial charge is 0.359 e. The van der Waals surface area contributed by atoms with Crippen molar-refractivity contribution in [2.75, 3.05) is 0 Å². The number of hydrogen-bond donors (Lipinski definition) is 0. The molecule has 1 unspecified atom stereocenters. The molecule has 0 fully saturated rings. The summed E-state index contributed by atoms with van der Waals surface area (Å²) in [6.07, 6.45) is 1.60. The molecule has 20 heavy (non-hydrogen) atoms. The van der Waals surface area contributed by atoms with Crippen molar-refractivity contribution < 1.29 is 4.52 Å². The average molecular weight is 331 g/mol. The van der Waals surface area contributed by atoms with Gasteiger partial charge < -0.3 is 9.09 Å². The highest BCUT2D eigenvalue weighted by Gasteiger charge is 2.17. The fourth-order valence-electron chi connectivity index (χ4n) is 2.09. The third kappa shape index (κ3) is 2.39. The van der Waals surface area contributed by atoms with E-state index in [9.17, 15) is 0 Å². The van der Waals surface area contributed by atoms with Crippen molar-refractivity contribution in [3.05, 3.63) is 46.0 Å². The van der Waals surface area contributed by atoms with Crippen LogP contribution in [0.15, 0.2) is 28.9 Å². The van der Waals surface area contributed by atoms with Crippen LogP contribution in [-0.4, -0.2) is 14.7 Å². The maximum absolute atomic E-state index is 6.20. The summed E-state index contributed by atoms with van der Waals surface area (Å²) in [5.74, 6) is 1.45. The Labute approximate surface area is 130 Å². The standard InChI is InChI=1S/C13H10Cl3N3O/c1-7(14)13-18-11-4-9(15)10(16)5-12(11)19(13)6-8-2-3-17-20-8/h2-5,7H,6H2,1H3. The van der Waals surface area contributed by atoms with E-state index in [1.54, 1.807) is 24.4 Å². The van der Waals surface area contributed by atoms with E-state index in [0.29, 0.717) is 22.4 Å². The van der Waals surface area contributed by atoms with Gasteiger partial charge in [0.05, 0.1) is 39.2 Å². The molecule has 1 atom stereocenters. The fourth-order valence-corrected chi connectivity index (χ4v) is 2.57. The zero-order valence-electron chi connectivity index (χ0n) is 10.5. The van der Waals surface area contributed by atoms with E-state index < -0.39 is 0 Å². The summed E-state index contributed by atoms with van der Waals surface area (Å²) in [7, 11) is 0. The third-order valence-corrected chi connectivity index (χ3v) is 3.90. The molecule has 3 aromatic rings. The van der Waals surface area contributed by atoms with Crippen molar-refractivity contribution in [3.8, 4) is 0 Å². The molecular weight excluding hydrogens is 321 g/mol. The highest BCUT2D eigenvalue weighted by atomic mass is 35.5. The normalized spacial score (nSPS) is 13.0. The predicted octanol–water partition coefficient (Wildman–Crippen LogP) is 4.68. The van der Waals surface area contributed by atoms with Gasteiger partial charge in [0.2, 0.25) is 0 Å². The maximum atomic E-state index is 6.20. The second-order valence-corrected chi connectivity index (χ2v) is 5.87. The lowest BCUT2D eigenvalue weighted by atomic mass is 10.3. The predicted molar refractivity (Wildman–Crippen MR) is 79.6 cm³/mol. The van der Waals surface area contributed by atoms with E-state index in [0.717, 1.165) is 16.9 Å². The average Bonchev–Trinajstić information content (AvgIpc) is 3.00. The Kier molecular flexibility index (Phi) is 3.63.